The monoisotopic (exact) mass is 429 g/mol. The molecule has 0 atom stereocenters. The summed E-state index contributed by atoms with van der Waals surface area (Å²) in [5, 5.41) is 13.9. The molecule has 7 nitrogen and oxygen atoms in total. The van der Waals surface area contributed by atoms with Crippen LogP contribution < -0.4 is 10.6 Å². The topological polar surface area (TPSA) is 88.9 Å². The van der Waals surface area contributed by atoms with Gasteiger partial charge >= 0.3 is 0 Å². The number of carbonyl (C=O) groups is 2. The molecule has 0 saturated heterocycles. The van der Waals surface area contributed by atoms with Crippen LogP contribution in [0.25, 0.3) is 0 Å². The van der Waals surface area contributed by atoms with Crippen LogP contribution in [0.4, 0.5) is 10.1 Å². The Morgan fingerprint density at radius 1 is 1.13 bits per heavy atom. The second kappa shape index (κ2) is 9.49. The minimum absolute atomic E-state index is 0.0638. The third-order valence-corrected chi connectivity index (χ3v) is 4.84. The van der Waals surface area contributed by atoms with E-state index in [1.54, 1.807) is 32.0 Å². The van der Waals surface area contributed by atoms with Gasteiger partial charge in [0, 0.05) is 17.3 Å². The normalized spacial score (nSPS) is 10.7. The highest BCUT2D eigenvalue weighted by atomic mass is 35.5. The Morgan fingerprint density at radius 3 is 2.60 bits per heavy atom. The van der Waals surface area contributed by atoms with Gasteiger partial charge in [-0.15, -0.1) is 5.10 Å². The first kappa shape index (κ1) is 21.4. The third-order valence-electron chi connectivity index (χ3n) is 4.59. The van der Waals surface area contributed by atoms with Crippen molar-refractivity contribution in [3.63, 3.8) is 0 Å². The van der Waals surface area contributed by atoms with Crippen LogP contribution in [-0.4, -0.2) is 33.4 Å². The van der Waals surface area contributed by atoms with Gasteiger partial charge in [0.05, 0.1) is 5.69 Å². The van der Waals surface area contributed by atoms with Gasteiger partial charge in [-0.1, -0.05) is 35.0 Å². The van der Waals surface area contributed by atoms with Gasteiger partial charge in [0.2, 0.25) is 5.91 Å². The van der Waals surface area contributed by atoms with Crippen LogP contribution in [0.3, 0.4) is 0 Å². The molecule has 30 heavy (non-hydrogen) atoms. The fourth-order valence-electron chi connectivity index (χ4n) is 2.82. The molecule has 0 aliphatic carbocycles. The largest absolute Gasteiger partial charge is 0.354 e. The lowest BCUT2D eigenvalue weighted by atomic mass is 10.1. The first-order valence-electron chi connectivity index (χ1n) is 9.32. The highest BCUT2D eigenvalue weighted by Gasteiger charge is 2.18. The second-order valence-electron chi connectivity index (χ2n) is 6.82. The molecule has 9 heteroatoms. The van der Waals surface area contributed by atoms with Crippen molar-refractivity contribution < 1.29 is 14.0 Å². The average Bonchev–Trinajstić information content (AvgIpc) is 3.06. The van der Waals surface area contributed by atoms with E-state index in [0.29, 0.717) is 29.4 Å². The van der Waals surface area contributed by atoms with E-state index < -0.39 is 11.7 Å². The van der Waals surface area contributed by atoms with Crippen molar-refractivity contribution in [3.8, 4) is 0 Å². The van der Waals surface area contributed by atoms with Crippen LogP contribution in [0.1, 0.15) is 27.3 Å². The molecule has 2 N–H and O–H groups in total. The predicted octanol–water partition coefficient (Wildman–Crippen LogP) is 3.30. The number of benzene rings is 2. The summed E-state index contributed by atoms with van der Waals surface area (Å²) in [6.45, 7) is 3.80. The molecule has 1 heterocycles. The van der Waals surface area contributed by atoms with E-state index in [2.05, 4.69) is 20.9 Å². The zero-order valence-corrected chi connectivity index (χ0v) is 17.3. The standard InChI is InChI=1S/C21H21ClFN5O2/c1-13-3-8-17(23)11-18(13)25-21(30)20-14(2)28(27-26-20)12-19(29)24-10-9-15-4-6-16(22)7-5-15/h3-8,11H,9-10,12H2,1-2H3,(H,24,29)(H,25,30). The molecule has 1 aromatic heterocycles. The third kappa shape index (κ3) is 5.42. The quantitative estimate of drug-likeness (QED) is 0.603. The Morgan fingerprint density at radius 2 is 1.87 bits per heavy atom. The smallest absolute Gasteiger partial charge is 0.278 e. The Hall–Kier alpha value is -3.26. The lowest BCUT2D eigenvalue weighted by Crippen LogP contribution is -2.30. The van der Waals surface area contributed by atoms with Gasteiger partial charge in [-0.2, -0.15) is 0 Å². The summed E-state index contributed by atoms with van der Waals surface area (Å²) < 4.78 is 14.8. The minimum atomic E-state index is -0.518. The Balaban J connectivity index is 1.56. The molecule has 0 bridgehead atoms. The van der Waals surface area contributed by atoms with Gasteiger partial charge in [0.25, 0.3) is 5.91 Å². The highest BCUT2D eigenvalue weighted by molar-refractivity contribution is 6.30. The van der Waals surface area contributed by atoms with Crippen molar-refractivity contribution in [2.75, 3.05) is 11.9 Å². The summed E-state index contributed by atoms with van der Waals surface area (Å²) in [6.07, 6.45) is 0.667. The molecule has 156 valence electrons. The number of anilines is 1. The molecule has 0 aliphatic rings. The van der Waals surface area contributed by atoms with E-state index in [1.165, 1.54) is 16.8 Å². The number of halogens is 2. The molecule has 0 spiro atoms. The zero-order valence-electron chi connectivity index (χ0n) is 16.6. The second-order valence-corrected chi connectivity index (χ2v) is 7.26. The molecule has 0 aliphatic heterocycles. The molecule has 2 aromatic carbocycles. The maximum Gasteiger partial charge on any atom is 0.278 e. The van der Waals surface area contributed by atoms with Gasteiger partial charge in [-0.25, -0.2) is 9.07 Å². The van der Waals surface area contributed by atoms with E-state index in [0.717, 1.165) is 11.1 Å². The molecule has 0 radical (unpaired) electrons. The fourth-order valence-corrected chi connectivity index (χ4v) is 2.95. The van der Waals surface area contributed by atoms with E-state index in [-0.39, 0.29) is 18.1 Å². The van der Waals surface area contributed by atoms with Gasteiger partial charge in [-0.05, 0) is 55.7 Å². The lowest BCUT2D eigenvalue weighted by Gasteiger charge is -2.08. The van der Waals surface area contributed by atoms with Crippen molar-refractivity contribution in [1.29, 1.82) is 0 Å². The van der Waals surface area contributed by atoms with Crippen molar-refractivity contribution in [3.05, 3.63) is 75.8 Å². The Bertz CT molecular complexity index is 1070. The number of hydrogen-bond donors (Lipinski definition) is 2. The van der Waals surface area contributed by atoms with Crippen LogP contribution in [0.2, 0.25) is 5.02 Å². The summed E-state index contributed by atoms with van der Waals surface area (Å²) in [7, 11) is 0. The maximum atomic E-state index is 13.4. The molecule has 2 amide bonds. The predicted molar refractivity (Wildman–Crippen MR) is 112 cm³/mol. The summed E-state index contributed by atoms with van der Waals surface area (Å²) >= 11 is 5.85. The molecule has 3 aromatic rings. The van der Waals surface area contributed by atoms with Crippen molar-refractivity contribution in [1.82, 2.24) is 20.3 Å². The van der Waals surface area contributed by atoms with Crippen molar-refractivity contribution in [2.24, 2.45) is 0 Å². The number of aryl methyl sites for hydroxylation is 1. The van der Waals surface area contributed by atoms with E-state index >= 15 is 0 Å². The zero-order chi connectivity index (χ0) is 21.7. The van der Waals surface area contributed by atoms with Crippen molar-refractivity contribution in [2.45, 2.75) is 26.8 Å². The number of nitrogens with one attached hydrogen (secondary N) is 2. The number of aromatic nitrogens is 3. The number of nitrogens with zero attached hydrogens (tertiary/aromatic N) is 3. The summed E-state index contributed by atoms with van der Waals surface area (Å²) in [5.41, 5.74) is 2.65. The summed E-state index contributed by atoms with van der Waals surface area (Å²) in [4.78, 5) is 24.7. The molecular formula is C21H21ClFN5O2. The first-order valence-corrected chi connectivity index (χ1v) is 9.70. The van der Waals surface area contributed by atoms with Crippen LogP contribution in [0.15, 0.2) is 42.5 Å². The lowest BCUT2D eigenvalue weighted by molar-refractivity contribution is -0.121. The van der Waals surface area contributed by atoms with Crippen LogP contribution in [0, 0.1) is 19.7 Å². The Kier molecular flexibility index (Phi) is 6.79. The fraction of sp³-hybridized carbons (Fsp3) is 0.238. The number of rotatable bonds is 7. The van der Waals surface area contributed by atoms with Crippen LogP contribution in [0.5, 0.6) is 0 Å². The van der Waals surface area contributed by atoms with Gasteiger partial charge < -0.3 is 10.6 Å². The van der Waals surface area contributed by atoms with Crippen LogP contribution >= 0.6 is 11.6 Å². The van der Waals surface area contributed by atoms with Gasteiger partial charge in [0.15, 0.2) is 5.69 Å². The van der Waals surface area contributed by atoms with E-state index in [9.17, 15) is 14.0 Å². The van der Waals surface area contributed by atoms with Crippen molar-refractivity contribution >= 4 is 29.1 Å². The minimum Gasteiger partial charge on any atom is -0.354 e. The van der Waals surface area contributed by atoms with Gasteiger partial charge in [-0.3, -0.25) is 9.59 Å². The van der Waals surface area contributed by atoms with Crippen LogP contribution in [-0.2, 0) is 17.8 Å². The molecule has 0 saturated carbocycles. The van der Waals surface area contributed by atoms with Gasteiger partial charge in [0.1, 0.15) is 12.4 Å². The first-order chi connectivity index (χ1) is 14.3. The molecule has 3 rings (SSSR count). The molecule has 0 fully saturated rings. The number of amides is 2. The molecular weight excluding hydrogens is 409 g/mol. The number of carbonyl (C=O) groups excluding carboxylic acids is 2. The number of hydrogen-bond acceptors (Lipinski definition) is 4. The average molecular weight is 430 g/mol. The van der Waals surface area contributed by atoms with E-state index in [1.807, 2.05) is 12.1 Å². The SMILES string of the molecule is Cc1ccc(F)cc1NC(=O)c1nnn(CC(=O)NCCc2ccc(Cl)cc2)c1C. The maximum absolute atomic E-state index is 13.4. The Labute approximate surface area is 178 Å². The summed E-state index contributed by atoms with van der Waals surface area (Å²) in [5.74, 6) is -1.22. The highest BCUT2D eigenvalue weighted by Crippen LogP contribution is 2.17. The summed E-state index contributed by atoms with van der Waals surface area (Å²) in [6, 6.07) is 11.5. The van der Waals surface area contributed by atoms with E-state index in [4.69, 9.17) is 11.6 Å². The molecule has 0 unspecified atom stereocenters.